The van der Waals surface area contributed by atoms with Crippen molar-refractivity contribution in [3.05, 3.63) is 76.8 Å². The Labute approximate surface area is 275 Å². The van der Waals surface area contributed by atoms with Crippen LogP contribution in [0.15, 0.2) is 60.7 Å². The number of carbonyl (C=O) groups excluding carboxylic acids is 4. The molecule has 2 aromatic rings. The van der Waals surface area contributed by atoms with E-state index in [0.717, 1.165) is 5.56 Å². The molecule has 3 amide bonds. The number of benzene rings is 2. The summed E-state index contributed by atoms with van der Waals surface area (Å²) >= 11 is 6.31. The summed E-state index contributed by atoms with van der Waals surface area (Å²) in [7, 11) is 1.51. The molecule has 0 bridgehead atoms. The molecule has 11 heteroatoms. The van der Waals surface area contributed by atoms with Gasteiger partial charge >= 0.3 is 5.97 Å². The molecule has 0 radical (unpaired) electrons. The standard InChI is InChI=1S/C35H44ClN3O7/c1-20(2)16-27-35(43)45-28(22(4)31-32(46-31)24-10-7-6-8-11-24)12-9-13-30(40)38-26(34(42)37-19-21(3)33(41)39-27)18-23-14-15-29(44-5)25(36)17-23/h6-11,13-15,17,20-22,26-28,31-32H,12,16,18-19H2,1-5H3,(H,37,42)(H,38,40)(H,39,41)/b13-9+/t21-,22+,26?,27+,28+,31-,32-/m1/s1. The van der Waals surface area contributed by atoms with Crippen molar-refractivity contribution < 1.29 is 33.4 Å². The molecule has 0 saturated carbocycles. The number of esters is 1. The predicted octanol–water partition coefficient (Wildman–Crippen LogP) is 4.31. The lowest BCUT2D eigenvalue weighted by molar-refractivity contribution is -0.156. The van der Waals surface area contributed by atoms with E-state index in [1.54, 1.807) is 31.2 Å². The summed E-state index contributed by atoms with van der Waals surface area (Å²) in [6.45, 7) is 7.54. The SMILES string of the molecule is COc1ccc(CC2NC(=O)/C=C/C[C@@H]([C@H](C)[C@H]3O[C@@H]3c3ccccc3)OC(=O)[C@H](CC(C)C)NC(=O)[C@H](C)CNC2=O)cc1Cl. The quantitative estimate of drug-likeness (QED) is 0.286. The molecular weight excluding hydrogens is 610 g/mol. The number of carbonyl (C=O) groups is 4. The van der Waals surface area contributed by atoms with Gasteiger partial charge in [-0.05, 0) is 41.7 Å². The molecule has 0 aliphatic carbocycles. The molecule has 4 rings (SSSR count). The Morgan fingerprint density at radius 3 is 2.39 bits per heavy atom. The zero-order valence-corrected chi connectivity index (χ0v) is 27.7. The number of amides is 3. The summed E-state index contributed by atoms with van der Waals surface area (Å²) < 4.78 is 17.3. The third kappa shape index (κ3) is 9.56. The van der Waals surface area contributed by atoms with Crippen LogP contribution in [0.3, 0.4) is 0 Å². The Balaban J connectivity index is 1.58. The molecule has 3 N–H and O–H groups in total. The van der Waals surface area contributed by atoms with Crippen molar-refractivity contribution >= 4 is 35.3 Å². The highest BCUT2D eigenvalue weighted by Gasteiger charge is 2.47. The zero-order chi connectivity index (χ0) is 33.4. The van der Waals surface area contributed by atoms with Gasteiger partial charge in [0.1, 0.15) is 30.0 Å². The average Bonchev–Trinajstić information content (AvgIpc) is 3.83. The topological polar surface area (TPSA) is 135 Å². The molecule has 1 fully saturated rings. The minimum atomic E-state index is -0.947. The number of methoxy groups -OCH3 is 1. The first kappa shape index (κ1) is 35.0. The molecule has 10 nitrogen and oxygen atoms in total. The van der Waals surface area contributed by atoms with Gasteiger partial charge in [-0.15, -0.1) is 0 Å². The van der Waals surface area contributed by atoms with E-state index >= 15 is 0 Å². The summed E-state index contributed by atoms with van der Waals surface area (Å²) in [5.74, 6) is -2.17. The first-order chi connectivity index (χ1) is 22.0. The van der Waals surface area contributed by atoms with Crippen molar-refractivity contribution in [1.82, 2.24) is 16.0 Å². The fraction of sp³-hybridized carbons (Fsp3) is 0.486. The van der Waals surface area contributed by atoms with Crippen molar-refractivity contribution in [3.8, 4) is 5.75 Å². The first-order valence-corrected chi connectivity index (χ1v) is 16.1. The molecule has 2 aliphatic rings. The number of hydrogen-bond donors (Lipinski definition) is 3. The number of rotatable bonds is 8. The molecule has 248 valence electrons. The lowest BCUT2D eigenvalue weighted by Gasteiger charge is -2.27. The van der Waals surface area contributed by atoms with E-state index in [2.05, 4.69) is 16.0 Å². The van der Waals surface area contributed by atoms with Gasteiger partial charge in [0.2, 0.25) is 17.7 Å². The molecule has 2 heterocycles. The molecule has 46 heavy (non-hydrogen) atoms. The first-order valence-electron chi connectivity index (χ1n) is 15.7. The number of halogens is 1. The second-order valence-corrected chi connectivity index (χ2v) is 12.9. The highest BCUT2D eigenvalue weighted by Crippen LogP contribution is 2.45. The maximum Gasteiger partial charge on any atom is 0.328 e. The Kier molecular flexibility index (Phi) is 12.2. The fourth-order valence-corrected chi connectivity index (χ4v) is 5.81. The summed E-state index contributed by atoms with van der Waals surface area (Å²) in [5.41, 5.74) is 1.75. The lowest BCUT2D eigenvalue weighted by Crippen LogP contribution is -2.51. The van der Waals surface area contributed by atoms with E-state index in [4.69, 9.17) is 25.8 Å². The summed E-state index contributed by atoms with van der Waals surface area (Å²) in [5, 5.41) is 8.77. The van der Waals surface area contributed by atoms with Gasteiger partial charge in [-0.25, -0.2) is 4.79 Å². The van der Waals surface area contributed by atoms with Crippen LogP contribution in [-0.2, 0) is 35.1 Å². The van der Waals surface area contributed by atoms with E-state index in [1.807, 2.05) is 51.1 Å². The fourth-order valence-electron chi connectivity index (χ4n) is 5.53. The van der Waals surface area contributed by atoms with Crippen LogP contribution < -0.4 is 20.7 Å². The Morgan fingerprint density at radius 2 is 1.72 bits per heavy atom. The van der Waals surface area contributed by atoms with E-state index in [9.17, 15) is 19.2 Å². The number of hydrogen-bond acceptors (Lipinski definition) is 7. The largest absolute Gasteiger partial charge is 0.495 e. The molecule has 0 aromatic heterocycles. The van der Waals surface area contributed by atoms with E-state index in [-0.39, 0.29) is 43.4 Å². The number of ether oxygens (including phenoxy) is 3. The smallest absolute Gasteiger partial charge is 0.328 e. The molecule has 0 spiro atoms. The summed E-state index contributed by atoms with van der Waals surface area (Å²) in [6.07, 6.45) is 2.80. The average molecular weight is 654 g/mol. The zero-order valence-electron chi connectivity index (χ0n) is 27.0. The van der Waals surface area contributed by atoms with Crippen LogP contribution >= 0.6 is 11.6 Å². The summed E-state index contributed by atoms with van der Waals surface area (Å²) in [4.78, 5) is 53.1. The van der Waals surface area contributed by atoms with Crippen LogP contribution in [0.4, 0.5) is 0 Å². The van der Waals surface area contributed by atoms with Gasteiger partial charge in [-0.1, -0.05) is 81.8 Å². The Morgan fingerprint density at radius 1 is 0.978 bits per heavy atom. The van der Waals surface area contributed by atoms with Crippen LogP contribution in [0.1, 0.15) is 57.8 Å². The second kappa shape index (κ2) is 16.1. The monoisotopic (exact) mass is 653 g/mol. The van der Waals surface area contributed by atoms with Crippen molar-refractivity contribution in [2.45, 2.75) is 77.4 Å². The number of cyclic esters (lactones) is 1. The van der Waals surface area contributed by atoms with E-state index < -0.39 is 47.8 Å². The predicted molar refractivity (Wildman–Crippen MR) is 174 cm³/mol. The van der Waals surface area contributed by atoms with Gasteiger partial charge in [-0.3, -0.25) is 14.4 Å². The van der Waals surface area contributed by atoms with Gasteiger partial charge in [0.25, 0.3) is 0 Å². The normalized spacial score (nSPS) is 27.5. The number of epoxide rings is 1. The van der Waals surface area contributed by atoms with Gasteiger partial charge in [0.15, 0.2) is 0 Å². The molecule has 2 aliphatic heterocycles. The molecule has 1 unspecified atom stereocenters. The molecule has 2 aromatic carbocycles. The summed E-state index contributed by atoms with van der Waals surface area (Å²) in [6, 6.07) is 13.1. The highest BCUT2D eigenvalue weighted by atomic mass is 35.5. The third-order valence-electron chi connectivity index (χ3n) is 8.29. The van der Waals surface area contributed by atoms with Crippen molar-refractivity contribution in [2.75, 3.05) is 13.7 Å². The maximum atomic E-state index is 13.5. The molecular formula is C35H44ClN3O7. The minimum absolute atomic E-state index is 0.000750. The van der Waals surface area contributed by atoms with Crippen molar-refractivity contribution in [2.24, 2.45) is 17.8 Å². The molecule has 7 atom stereocenters. The number of nitrogens with one attached hydrogen (secondary N) is 3. The minimum Gasteiger partial charge on any atom is -0.495 e. The van der Waals surface area contributed by atoms with E-state index in [1.165, 1.54) is 13.2 Å². The van der Waals surface area contributed by atoms with Crippen molar-refractivity contribution in [3.63, 3.8) is 0 Å². The Bertz CT molecular complexity index is 1420. The van der Waals surface area contributed by atoms with Crippen LogP contribution in [0.2, 0.25) is 5.02 Å². The van der Waals surface area contributed by atoms with Crippen molar-refractivity contribution in [1.29, 1.82) is 0 Å². The molecule has 1 saturated heterocycles. The van der Waals surface area contributed by atoms with Gasteiger partial charge in [-0.2, -0.15) is 0 Å². The van der Waals surface area contributed by atoms with Gasteiger partial charge in [0.05, 0.1) is 24.2 Å². The maximum absolute atomic E-state index is 13.5. The van der Waals surface area contributed by atoms with Crippen LogP contribution in [-0.4, -0.2) is 61.6 Å². The van der Waals surface area contributed by atoms with Crippen LogP contribution in [0.25, 0.3) is 0 Å². The lowest BCUT2D eigenvalue weighted by atomic mass is 9.93. The second-order valence-electron chi connectivity index (χ2n) is 12.5. The Hall–Kier alpha value is -3.89. The van der Waals surface area contributed by atoms with Gasteiger partial charge in [0, 0.05) is 25.3 Å². The van der Waals surface area contributed by atoms with Crippen LogP contribution in [0.5, 0.6) is 5.75 Å². The third-order valence-corrected chi connectivity index (χ3v) is 8.59. The van der Waals surface area contributed by atoms with E-state index in [0.29, 0.717) is 22.8 Å². The van der Waals surface area contributed by atoms with Crippen LogP contribution in [0, 0.1) is 17.8 Å². The van der Waals surface area contributed by atoms with Gasteiger partial charge < -0.3 is 30.2 Å². The highest BCUT2D eigenvalue weighted by molar-refractivity contribution is 6.32.